The lowest BCUT2D eigenvalue weighted by Crippen LogP contribution is -2.58. The monoisotopic (exact) mass is 529 g/mol. The fraction of sp³-hybridized carbons (Fsp3) is 0.393. The molecule has 2 saturated heterocycles. The van der Waals surface area contributed by atoms with Crippen molar-refractivity contribution in [2.75, 3.05) is 19.8 Å². The topological polar surface area (TPSA) is 71.0 Å². The molecule has 0 aromatic heterocycles. The van der Waals surface area contributed by atoms with Crippen LogP contribution in [0.4, 0.5) is 8.78 Å². The van der Waals surface area contributed by atoms with Gasteiger partial charge in [-0.05, 0) is 44.4 Å². The second-order valence-electron chi connectivity index (χ2n) is 9.56. The SMILES string of the molecule is C=CC=N/C(=C\C)CNC1(c2cc(F)c(CN3[C@@H](C)CC[C@H](c4ccccc4)S3(=O)=O)cc2F)COC1. The molecule has 4 rings (SSSR count). The Balaban J connectivity index is 1.58. The van der Waals surface area contributed by atoms with Gasteiger partial charge in [0.1, 0.15) is 16.9 Å². The first-order valence-corrected chi connectivity index (χ1v) is 13.9. The second kappa shape index (κ2) is 11.3. The summed E-state index contributed by atoms with van der Waals surface area (Å²) in [5.41, 5.74) is 0.688. The highest BCUT2D eigenvalue weighted by Gasteiger charge is 2.44. The summed E-state index contributed by atoms with van der Waals surface area (Å²) in [6, 6.07) is 11.0. The van der Waals surface area contributed by atoms with Crippen molar-refractivity contribution in [1.29, 1.82) is 0 Å². The average molecular weight is 530 g/mol. The van der Waals surface area contributed by atoms with E-state index in [0.29, 0.717) is 24.9 Å². The molecule has 1 N–H and O–H groups in total. The minimum atomic E-state index is -3.77. The quantitative estimate of drug-likeness (QED) is 0.465. The van der Waals surface area contributed by atoms with Gasteiger partial charge in [-0.25, -0.2) is 17.2 Å². The molecule has 0 amide bonds. The first-order chi connectivity index (χ1) is 17.7. The third kappa shape index (κ3) is 5.60. The molecule has 0 spiro atoms. The molecule has 2 aromatic carbocycles. The molecule has 9 heteroatoms. The maximum absolute atomic E-state index is 15.5. The number of nitrogens with zero attached hydrogens (tertiary/aromatic N) is 2. The summed E-state index contributed by atoms with van der Waals surface area (Å²) >= 11 is 0. The number of ether oxygens (including phenoxy) is 1. The fourth-order valence-corrected chi connectivity index (χ4v) is 7.07. The Morgan fingerprint density at radius 2 is 1.95 bits per heavy atom. The van der Waals surface area contributed by atoms with Crippen molar-refractivity contribution >= 4 is 16.2 Å². The zero-order valence-electron chi connectivity index (χ0n) is 21.2. The maximum atomic E-state index is 15.5. The molecule has 2 fully saturated rings. The number of nitrogens with one attached hydrogen (secondary N) is 1. The maximum Gasteiger partial charge on any atom is 0.221 e. The molecule has 2 aliphatic rings. The molecule has 0 aliphatic carbocycles. The molecule has 0 saturated carbocycles. The number of sulfonamides is 1. The number of halogens is 2. The van der Waals surface area contributed by atoms with Gasteiger partial charge in [0.15, 0.2) is 0 Å². The minimum Gasteiger partial charge on any atom is -0.377 e. The summed E-state index contributed by atoms with van der Waals surface area (Å²) in [7, 11) is -3.77. The van der Waals surface area contributed by atoms with Gasteiger partial charge in [-0.2, -0.15) is 4.31 Å². The van der Waals surface area contributed by atoms with Crippen LogP contribution in [0.1, 0.15) is 48.6 Å². The fourth-order valence-electron chi connectivity index (χ4n) is 4.89. The lowest BCUT2D eigenvalue weighted by atomic mass is 9.86. The van der Waals surface area contributed by atoms with Gasteiger partial charge in [0, 0.05) is 42.2 Å². The number of allylic oxidation sites excluding steroid dienone is 2. The summed E-state index contributed by atoms with van der Waals surface area (Å²) in [6.45, 7) is 7.72. The van der Waals surface area contributed by atoms with Gasteiger partial charge in [0.25, 0.3) is 0 Å². The van der Waals surface area contributed by atoms with Crippen molar-refractivity contribution in [3.05, 3.63) is 95.2 Å². The minimum absolute atomic E-state index is 0.00510. The van der Waals surface area contributed by atoms with Crippen LogP contribution in [0.5, 0.6) is 0 Å². The van der Waals surface area contributed by atoms with Crippen LogP contribution in [-0.2, 0) is 26.8 Å². The van der Waals surface area contributed by atoms with Gasteiger partial charge in [0.2, 0.25) is 10.0 Å². The van der Waals surface area contributed by atoms with E-state index in [0.717, 1.165) is 11.8 Å². The van der Waals surface area contributed by atoms with E-state index in [1.54, 1.807) is 43.5 Å². The largest absolute Gasteiger partial charge is 0.377 e. The number of hydrogen-bond acceptors (Lipinski definition) is 5. The van der Waals surface area contributed by atoms with Crippen molar-refractivity contribution in [2.45, 2.75) is 50.1 Å². The first-order valence-electron chi connectivity index (χ1n) is 12.4. The number of hydrogen-bond donors (Lipinski definition) is 1. The van der Waals surface area contributed by atoms with E-state index in [9.17, 15) is 8.42 Å². The Hall–Kier alpha value is -2.72. The Labute approximate surface area is 217 Å². The molecule has 2 atom stereocenters. The molecule has 2 heterocycles. The zero-order valence-corrected chi connectivity index (χ0v) is 22.0. The smallest absolute Gasteiger partial charge is 0.221 e. The van der Waals surface area contributed by atoms with Crippen molar-refractivity contribution in [3.8, 4) is 0 Å². The normalized spacial score (nSPS) is 23.6. The number of benzene rings is 2. The number of aliphatic imine (C=N–C) groups is 1. The van der Waals surface area contributed by atoms with Gasteiger partial charge >= 0.3 is 0 Å². The second-order valence-corrected chi connectivity index (χ2v) is 11.6. The van der Waals surface area contributed by atoms with E-state index in [1.807, 2.05) is 19.1 Å². The van der Waals surface area contributed by atoms with Crippen LogP contribution in [0.2, 0.25) is 0 Å². The molecule has 37 heavy (non-hydrogen) atoms. The van der Waals surface area contributed by atoms with Crippen LogP contribution < -0.4 is 5.32 Å². The van der Waals surface area contributed by atoms with Gasteiger partial charge in [0.05, 0.1) is 18.8 Å². The molecule has 2 aromatic rings. The highest BCUT2D eigenvalue weighted by Crippen LogP contribution is 2.39. The summed E-state index contributed by atoms with van der Waals surface area (Å²) in [4.78, 5) is 4.27. The van der Waals surface area contributed by atoms with E-state index >= 15 is 8.78 Å². The van der Waals surface area contributed by atoms with Crippen molar-refractivity contribution in [1.82, 2.24) is 9.62 Å². The lowest BCUT2D eigenvalue weighted by molar-refractivity contribution is -0.0789. The molecular formula is C28H33F2N3O3S. The summed E-state index contributed by atoms with van der Waals surface area (Å²) in [5, 5.41) is 2.56. The molecule has 6 nitrogen and oxygen atoms in total. The van der Waals surface area contributed by atoms with Crippen LogP contribution >= 0.6 is 0 Å². The van der Waals surface area contributed by atoms with E-state index in [2.05, 4.69) is 16.9 Å². The predicted octanol–water partition coefficient (Wildman–Crippen LogP) is 5.00. The average Bonchev–Trinajstić information content (AvgIpc) is 2.85. The van der Waals surface area contributed by atoms with E-state index in [1.165, 1.54) is 10.4 Å². The predicted molar refractivity (Wildman–Crippen MR) is 142 cm³/mol. The van der Waals surface area contributed by atoms with Gasteiger partial charge in [-0.3, -0.25) is 10.3 Å². The van der Waals surface area contributed by atoms with Crippen LogP contribution in [0.15, 0.2) is 71.9 Å². The highest BCUT2D eigenvalue weighted by atomic mass is 32.2. The summed E-state index contributed by atoms with van der Waals surface area (Å²) in [6.07, 6.45) is 6.06. The van der Waals surface area contributed by atoms with Crippen LogP contribution in [0.25, 0.3) is 0 Å². The Morgan fingerprint density at radius 3 is 2.57 bits per heavy atom. The molecule has 0 bridgehead atoms. The van der Waals surface area contributed by atoms with Crippen molar-refractivity contribution < 1.29 is 21.9 Å². The van der Waals surface area contributed by atoms with Crippen LogP contribution in [0.3, 0.4) is 0 Å². The summed E-state index contributed by atoms with van der Waals surface area (Å²) < 4.78 is 64.6. The van der Waals surface area contributed by atoms with Crippen LogP contribution in [0, 0.1) is 11.6 Å². The Bertz CT molecular complexity index is 1290. The lowest BCUT2D eigenvalue weighted by Gasteiger charge is -2.43. The highest BCUT2D eigenvalue weighted by molar-refractivity contribution is 7.89. The standard InChI is InChI=1S/C28H33F2N3O3S/c1-4-13-31-23(5-2)16-32-28(18-36-19-28)24-15-25(29)22(14-26(24)30)17-33-20(3)11-12-27(37(33,34)35)21-9-7-6-8-10-21/h4-10,13-15,20,27,32H,1,11-12,16-19H2,2-3H3/b23-5-,31-13?/t20-,27+/m0/s1. The van der Waals surface area contributed by atoms with Crippen molar-refractivity contribution in [3.63, 3.8) is 0 Å². The van der Waals surface area contributed by atoms with Gasteiger partial charge < -0.3 is 4.74 Å². The molecule has 198 valence electrons. The summed E-state index contributed by atoms with van der Waals surface area (Å²) in [5.74, 6) is -1.25. The van der Waals surface area contributed by atoms with E-state index in [4.69, 9.17) is 4.74 Å². The van der Waals surface area contributed by atoms with Gasteiger partial charge in [-0.1, -0.05) is 49.1 Å². The van der Waals surface area contributed by atoms with Gasteiger partial charge in [-0.15, -0.1) is 0 Å². The zero-order chi connectivity index (χ0) is 26.6. The van der Waals surface area contributed by atoms with Crippen LogP contribution in [-0.4, -0.2) is 44.7 Å². The molecule has 0 unspecified atom stereocenters. The molecule has 2 aliphatic heterocycles. The molecule has 0 radical (unpaired) electrons. The third-order valence-electron chi connectivity index (χ3n) is 7.16. The third-order valence-corrected chi connectivity index (χ3v) is 9.53. The molecular weight excluding hydrogens is 496 g/mol. The Kier molecular flexibility index (Phi) is 8.38. The van der Waals surface area contributed by atoms with Crippen molar-refractivity contribution in [2.24, 2.45) is 4.99 Å². The van der Waals surface area contributed by atoms with E-state index in [-0.39, 0.29) is 36.9 Å². The number of rotatable bonds is 9. The van der Waals surface area contributed by atoms with E-state index < -0.39 is 32.4 Å². The first kappa shape index (κ1) is 27.3. The Morgan fingerprint density at radius 1 is 1.22 bits per heavy atom.